The Morgan fingerprint density at radius 2 is 2.15 bits per heavy atom. The zero-order chi connectivity index (χ0) is 14.4. The summed E-state index contributed by atoms with van der Waals surface area (Å²) in [5, 5.41) is 4.91. The molecule has 1 amide bonds. The van der Waals surface area contributed by atoms with Gasteiger partial charge in [-0.15, -0.1) is 11.3 Å². The second-order valence-corrected chi connectivity index (χ2v) is 5.30. The molecule has 0 radical (unpaired) electrons. The number of hydrogen-bond donors (Lipinski definition) is 1. The number of aromatic nitrogens is 1. The summed E-state index contributed by atoms with van der Waals surface area (Å²) in [6.07, 6.45) is 0. The van der Waals surface area contributed by atoms with Crippen molar-refractivity contribution in [2.24, 2.45) is 0 Å². The van der Waals surface area contributed by atoms with Gasteiger partial charge in [0.05, 0.1) is 17.7 Å². The Bertz CT molecular complexity index is 527. The molecule has 0 spiro atoms. The van der Waals surface area contributed by atoms with Gasteiger partial charge in [-0.05, 0) is 19.2 Å². The molecule has 2 aromatic rings. The predicted octanol–water partition coefficient (Wildman–Crippen LogP) is 2.45. The van der Waals surface area contributed by atoms with Crippen LogP contribution in [0.1, 0.15) is 24.2 Å². The second kappa shape index (κ2) is 7.17. The van der Waals surface area contributed by atoms with Crippen molar-refractivity contribution in [3.05, 3.63) is 52.5 Å². The first-order chi connectivity index (χ1) is 9.72. The van der Waals surface area contributed by atoms with Gasteiger partial charge in [-0.25, -0.2) is 4.98 Å². The van der Waals surface area contributed by atoms with Gasteiger partial charge in [0.25, 0.3) is 0 Å². The van der Waals surface area contributed by atoms with E-state index in [0.29, 0.717) is 6.54 Å². The van der Waals surface area contributed by atoms with Crippen LogP contribution in [0.5, 0.6) is 0 Å². The monoisotopic (exact) mass is 289 g/mol. The van der Waals surface area contributed by atoms with E-state index in [0.717, 1.165) is 17.8 Å². The van der Waals surface area contributed by atoms with Crippen molar-refractivity contribution in [3.63, 3.8) is 0 Å². The van der Waals surface area contributed by atoms with Crippen LogP contribution in [0.3, 0.4) is 0 Å². The molecule has 1 atom stereocenters. The molecular formula is C15H19N3OS. The van der Waals surface area contributed by atoms with Gasteiger partial charge in [-0.1, -0.05) is 37.3 Å². The molecule has 1 aromatic carbocycles. The highest BCUT2D eigenvalue weighted by Crippen LogP contribution is 2.19. The number of rotatable bonds is 6. The van der Waals surface area contributed by atoms with Crippen molar-refractivity contribution in [3.8, 4) is 0 Å². The number of nitrogens with one attached hydrogen (secondary N) is 1. The van der Waals surface area contributed by atoms with E-state index < -0.39 is 0 Å². The lowest BCUT2D eigenvalue weighted by Crippen LogP contribution is -2.38. The van der Waals surface area contributed by atoms with Crippen molar-refractivity contribution < 1.29 is 4.79 Å². The molecular weight excluding hydrogens is 270 g/mol. The molecule has 20 heavy (non-hydrogen) atoms. The Labute approximate surface area is 123 Å². The van der Waals surface area contributed by atoms with Crippen LogP contribution in [0, 0.1) is 0 Å². The number of thiazole rings is 1. The van der Waals surface area contributed by atoms with E-state index in [1.54, 1.807) is 5.51 Å². The van der Waals surface area contributed by atoms with Gasteiger partial charge < -0.3 is 5.32 Å². The number of hydrogen-bond acceptors (Lipinski definition) is 4. The minimum atomic E-state index is -0.264. The molecule has 0 saturated heterocycles. The molecule has 106 valence electrons. The van der Waals surface area contributed by atoms with E-state index in [4.69, 9.17) is 0 Å². The average molecular weight is 289 g/mol. The summed E-state index contributed by atoms with van der Waals surface area (Å²) in [6.45, 7) is 3.33. The summed E-state index contributed by atoms with van der Waals surface area (Å²) in [4.78, 5) is 18.7. The number of likely N-dealkylation sites (N-methyl/N-ethyl adjacent to an activating group) is 1. The third-order valence-corrected chi connectivity index (χ3v) is 3.87. The summed E-state index contributed by atoms with van der Waals surface area (Å²) >= 11 is 1.53. The van der Waals surface area contributed by atoms with Gasteiger partial charge in [-0.2, -0.15) is 0 Å². The lowest BCUT2D eigenvalue weighted by atomic mass is 10.0. The summed E-state index contributed by atoms with van der Waals surface area (Å²) in [7, 11) is 1.96. The molecule has 0 saturated carbocycles. The minimum Gasteiger partial charge on any atom is -0.349 e. The molecule has 0 aliphatic carbocycles. The van der Waals surface area contributed by atoms with Crippen LogP contribution in [0.2, 0.25) is 0 Å². The third kappa shape index (κ3) is 3.65. The van der Waals surface area contributed by atoms with E-state index in [2.05, 4.69) is 10.3 Å². The van der Waals surface area contributed by atoms with Gasteiger partial charge in [0.1, 0.15) is 6.04 Å². The predicted molar refractivity (Wildman–Crippen MR) is 81.4 cm³/mol. The van der Waals surface area contributed by atoms with Gasteiger partial charge in [0.2, 0.25) is 5.91 Å². The van der Waals surface area contributed by atoms with Crippen LogP contribution in [-0.2, 0) is 11.3 Å². The van der Waals surface area contributed by atoms with Crippen molar-refractivity contribution >= 4 is 17.2 Å². The lowest BCUT2D eigenvalue weighted by Gasteiger charge is -2.26. The number of benzene rings is 1. The van der Waals surface area contributed by atoms with Crippen molar-refractivity contribution in [2.75, 3.05) is 13.6 Å². The van der Waals surface area contributed by atoms with Crippen LogP contribution >= 0.6 is 11.3 Å². The number of carbonyl (C=O) groups excluding carboxylic acids is 1. The summed E-state index contributed by atoms with van der Waals surface area (Å²) in [5.41, 5.74) is 3.68. The standard InChI is InChI=1S/C15H19N3OS/c1-3-18(2)14(12-7-5-4-6-8-12)15(19)16-9-13-10-20-11-17-13/h4-8,10-11,14H,3,9H2,1-2H3,(H,16,19)/t14-/m0/s1. The maximum atomic E-state index is 12.5. The lowest BCUT2D eigenvalue weighted by molar-refractivity contribution is -0.126. The first-order valence-corrected chi connectivity index (χ1v) is 7.56. The maximum absolute atomic E-state index is 12.5. The first-order valence-electron chi connectivity index (χ1n) is 6.62. The third-order valence-electron chi connectivity index (χ3n) is 3.23. The van der Waals surface area contributed by atoms with Crippen molar-refractivity contribution in [1.82, 2.24) is 15.2 Å². The highest BCUT2D eigenvalue weighted by atomic mass is 32.1. The fourth-order valence-electron chi connectivity index (χ4n) is 2.02. The molecule has 0 aliphatic heterocycles. The smallest absolute Gasteiger partial charge is 0.242 e. The Kier molecular flexibility index (Phi) is 5.26. The van der Waals surface area contributed by atoms with Gasteiger partial charge in [-0.3, -0.25) is 9.69 Å². The van der Waals surface area contributed by atoms with E-state index >= 15 is 0 Å². The molecule has 5 heteroatoms. The Balaban J connectivity index is 2.08. The fraction of sp³-hybridized carbons (Fsp3) is 0.333. The number of amides is 1. The fourth-order valence-corrected chi connectivity index (χ4v) is 2.58. The highest BCUT2D eigenvalue weighted by molar-refractivity contribution is 7.07. The molecule has 0 bridgehead atoms. The van der Waals surface area contributed by atoms with E-state index in [1.165, 1.54) is 11.3 Å². The molecule has 1 heterocycles. The van der Waals surface area contributed by atoms with Crippen LogP contribution in [0.15, 0.2) is 41.2 Å². The normalized spacial score (nSPS) is 12.3. The summed E-state index contributed by atoms with van der Waals surface area (Å²) in [5.74, 6) is 0.00792. The van der Waals surface area contributed by atoms with Gasteiger partial charge >= 0.3 is 0 Å². The SMILES string of the molecule is CCN(C)[C@H](C(=O)NCc1cscn1)c1ccccc1. The average Bonchev–Trinajstić information content (AvgIpc) is 2.99. The zero-order valence-electron chi connectivity index (χ0n) is 11.7. The van der Waals surface area contributed by atoms with Crippen molar-refractivity contribution in [2.45, 2.75) is 19.5 Å². The van der Waals surface area contributed by atoms with E-state index in [-0.39, 0.29) is 11.9 Å². The van der Waals surface area contributed by atoms with Crippen LogP contribution in [0.25, 0.3) is 0 Å². The summed E-state index contributed by atoms with van der Waals surface area (Å²) < 4.78 is 0. The second-order valence-electron chi connectivity index (χ2n) is 4.58. The van der Waals surface area contributed by atoms with Crippen LogP contribution in [-0.4, -0.2) is 29.4 Å². The summed E-state index contributed by atoms with van der Waals surface area (Å²) in [6, 6.07) is 9.58. The maximum Gasteiger partial charge on any atom is 0.242 e. The molecule has 4 nitrogen and oxygen atoms in total. The van der Waals surface area contributed by atoms with Crippen molar-refractivity contribution in [1.29, 1.82) is 0 Å². The topological polar surface area (TPSA) is 45.2 Å². The Morgan fingerprint density at radius 3 is 2.75 bits per heavy atom. The minimum absolute atomic E-state index is 0.00792. The number of carbonyl (C=O) groups is 1. The van der Waals surface area contributed by atoms with E-state index in [1.807, 2.05) is 54.6 Å². The quantitative estimate of drug-likeness (QED) is 0.888. The molecule has 1 aromatic heterocycles. The van der Waals surface area contributed by atoms with Crippen LogP contribution in [0.4, 0.5) is 0 Å². The Morgan fingerprint density at radius 1 is 1.40 bits per heavy atom. The molecule has 1 N–H and O–H groups in total. The molecule has 0 fully saturated rings. The highest BCUT2D eigenvalue weighted by Gasteiger charge is 2.23. The van der Waals surface area contributed by atoms with Gasteiger partial charge in [0, 0.05) is 5.38 Å². The largest absolute Gasteiger partial charge is 0.349 e. The molecule has 0 unspecified atom stereocenters. The van der Waals surface area contributed by atoms with E-state index in [9.17, 15) is 4.79 Å². The number of nitrogens with zero attached hydrogens (tertiary/aromatic N) is 2. The molecule has 0 aliphatic rings. The Hall–Kier alpha value is -1.72. The van der Waals surface area contributed by atoms with Gasteiger partial charge in [0.15, 0.2) is 0 Å². The first kappa shape index (κ1) is 14.7. The zero-order valence-corrected chi connectivity index (χ0v) is 12.6. The molecule has 2 rings (SSSR count). The van der Waals surface area contributed by atoms with Crippen LogP contribution < -0.4 is 5.32 Å².